The van der Waals surface area contributed by atoms with Gasteiger partial charge in [0.2, 0.25) is 0 Å². The lowest BCUT2D eigenvalue weighted by atomic mass is 9.92. The molecule has 5 nitrogen and oxygen atoms in total. The maximum Gasteiger partial charge on any atom is 0.335 e. The molecule has 2 rings (SSSR count). The summed E-state index contributed by atoms with van der Waals surface area (Å²) in [6.07, 6.45) is 6.86. The Kier molecular flexibility index (Phi) is 12.7. The summed E-state index contributed by atoms with van der Waals surface area (Å²) in [6.45, 7) is 11.0. The molecule has 0 radical (unpaired) electrons. The minimum absolute atomic E-state index is 0.0338. The van der Waals surface area contributed by atoms with Crippen LogP contribution in [0.25, 0.3) is 11.1 Å². The Hall–Kier alpha value is -3.18. The maximum atomic E-state index is 11.8. The molecule has 0 saturated carbocycles. The van der Waals surface area contributed by atoms with Gasteiger partial charge in [-0.1, -0.05) is 81.5 Å². The lowest BCUT2D eigenvalue weighted by Gasteiger charge is -2.18. The van der Waals surface area contributed by atoms with Crippen LogP contribution >= 0.6 is 0 Å². The molecule has 2 aromatic rings. The summed E-state index contributed by atoms with van der Waals surface area (Å²) in [7, 11) is 0. The van der Waals surface area contributed by atoms with E-state index in [-0.39, 0.29) is 24.7 Å². The van der Waals surface area contributed by atoms with Crippen molar-refractivity contribution in [1.82, 2.24) is 0 Å². The highest BCUT2D eigenvalue weighted by Crippen LogP contribution is 2.23. The van der Waals surface area contributed by atoms with Crippen LogP contribution < -0.4 is 0 Å². The molecular weight excluding hydrogens is 452 g/mol. The molecule has 0 saturated heterocycles. The Bertz CT molecular complexity index is 989. The normalized spacial score (nSPS) is 11.5. The number of aryl methyl sites for hydroxylation is 1. The minimum Gasteiger partial charge on any atom is -0.462 e. The first-order chi connectivity index (χ1) is 17.3. The van der Waals surface area contributed by atoms with E-state index in [1.807, 2.05) is 0 Å². The maximum absolute atomic E-state index is 11.8. The van der Waals surface area contributed by atoms with Gasteiger partial charge < -0.3 is 14.6 Å². The monoisotopic (exact) mass is 492 g/mol. The molecule has 1 N–H and O–H groups in total. The fourth-order valence-corrected chi connectivity index (χ4v) is 3.88. The summed E-state index contributed by atoms with van der Waals surface area (Å²) >= 11 is 0. The molecule has 0 aliphatic rings. The number of carbonyl (C=O) groups is 2. The smallest absolute Gasteiger partial charge is 0.335 e. The highest BCUT2D eigenvalue weighted by atomic mass is 16.5. The van der Waals surface area contributed by atoms with Crippen molar-refractivity contribution in [2.24, 2.45) is 5.92 Å². The Balaban J connectivity index is 1.98. The van der Waals surface area contributed by atoms with E-state index in [1.54, 1.807) is 6.92 Å². The third kappa shape index (κ3) is 10.2. The number of aliphatic hydroxyl groups excluding tert-OH is 1. The zero-order chi connectivity index (χ0) is 26.3. The first kappa shape index (κ1) is 29.1. The summed E-state index contributed by atoms with van der Waals surface area (Å²) in [5, 5.41) is 9.03. The van der Waals surface area contributed by atoms with Gasteiger partial charge in [0, 0.05) is 5.57 Å². The Labute approximate surface area is 215 Å². The van der Waals surface area contributed by atoms with E-state index in [9.17, 15) is 9.59 Å². The van der Waals surface area contributed by atoms with Crippen LogP contribution in [-0.2, 0) is 31.9 Å². The molecule has 5 heteroatoms. The summed E-state index contributed by atoms with van der Waals surface area (Å²) in [4.78, 5) is 23.5. The van der Waals surface area contributed by atoms with Crippen LogP contribution in [0, 0.1) is 5.92 Å². The van der Waals surface area contributed by atoms with Crippen LogP contribution in [0.4, 0.5) is 0 Å². The predicted molar refractivity (Wildman–Crippen MR) is 144 cm³/mol. The number of hydrogen-bond acceptors (Lipinski definition) is 5. The molecule has 36 heavy (non-hydrogen) atoms. The third-order valence-electron chi connectivity index (χ3n) is 6.18. The van der Waals surface area contributed by atoms with E-state index in [0.29, 0.717) is 18.4 Å². The molecule has 0 aliphatic heterocycles. The largest absolute Gasteiger partial charge is 0.462 e. The van der Waals surface area contributed by atoms with Crippen LogP contribution in [0.3, 0.4) is 0 Å². The predicted octanol–water partition coefficient (Wildman–Crippen LogP) is 6.24. The topological polar surface area (TPSA) is 72.8 Å². The molecule has 1 atom stereocenters. The fourth-order valence-electron chi connectivity index (χ4n) is 3.88. The lowest BCUT2D eigenvalue weighted by molar-refractivity contribution is -0.139. The average Bonchev–Trinajstić information content (AvgIpc) is 2.88. The quantitative estimate of drug-likeness (QED) is 0.171. The van der Waals surface area contributed by atoms with E-state index in [1.165, 1.54) is 36.0 Å². The van der Waals surface area contributed by atoms with Crippen LogP contribution in [0.5, 0.6) is 0 Å². The standard InChI is InChI=1S/C31H40O5/c1-5-6-7-8-25-9-13-28(14-10-25)29-15-11-26(12-16-29)21-27(17-19-35-30(33)23(2)3)18-20-36-31(34)24(4)22-32/h9-16,27,32H,2,4-8,17-22H2,1,3H3. The van der Waals surface area contributed by atoms with Gasteiger partial charge in [0.05, 0.1) is 25.4 Å². The van der Waals surface area contributed by atoms with Gasteiger partial charge in [-0.05, 0) is 67.2 Å². The molecule has 2 aromatic carbocycles. The molecule has 0 spiro atoms. The Morgan fingerprint density at radius 3 is 1.86 bits per heavy atom. The third-order valence-corrected chi connectivity index (χ3v) is 6.18. The molecule has 1 unspecified atom stereocenters. The van der Waals surface area contributed by atoms with E-state index in [2.05, 4.69) is 68.6 Å². The van der Waals surface area contributed by atoms with Gasteiger partial charge in [-0.25, -0.2) is 9.59 Å². The second kappa shape index (κ2) is 15.7. The Morgan fingerprint density at radius 1 is 0.833 bits per heavy atom. The number of aliphatic hydroxyl groups is 1. The van der Waals surface area contributed by atoms with Gasteiger partial charge in [-0.3, -0.25) is 0 Å². The van der Waals surface area contributed by atoms with Crippen molar-refractivity contribution in [3.05, 3.63) is 84.0 Å². The molecule has 194 valence electrons. The second-order valence-corrected chi connectivity index (χ2v) is 9.31. The van der Waals surface area contributed by atoms with Crippen molar-refractivity contribution in [2.45, 2.75) is 58.8 Å². The SMILES string of the molecule is C=C(C)C(=O)OCCC(CCOC(=O)C(=C)CO)Cc1ccc(-c2ccc(CCCCC)cc2)cc1. The molecule has 0 heterocycles. The number of hydrogen-bond donors (Lipinski definition) is 1. The van der Waals surface area contributed by atoms with Gasteiger partial charge in [0.1, 0.15) is 0 Å². The molecule has 0 aliphatic carbocycles. The van der Waals surface area contributed by atoms with E-state index >= 15 is 0 Å². The van der Waals surface area contributed by atoms with Gasteiger partial charge in [-0.15, -0.1) is 0 Å². The van der Waals surface area contributed by atoms with E-state index in [4.69, 9.17) is 14.6 Å². The average molecular weight is 493 g/mol. The molecular formula is C31H40O5. The van der Waals surface area contributed by atoms with Crippen molar-refractivity contribution in [2.75, 3.05) is 19.8 Å². The number of esters is 2. The van der Waals surface area contributed by atoms with Crippen molar-refractivity contribution < 1.29 is 24.2 Å². The van der Waals surface area contributed by atoms with Crippen LogP contribution in [0.1, 0.15) is 57.1 Å². The van der Waals surface area contributed by atoms with Crippen molar-refractivity contribution >= 4 is 11.9 Å². The molecule has 0 bridgehead atoms. The minimum atomic E-state index is -0.592. The number of carbonyl (C=O) groups excluding carboxylic acids is 2. The molecule has 0 amide bonds. The Morgan fingerprint density at radius 2 is 1.36 bits per heavy atom. The number of rotatable bonds is 16. The van der Waals surface area contributed by atoms with E-state index < -0.39 is 18.5 Å². The fraction of sp³-hybridized carbons (Fsp3) is 0.419. The molecule has 0 aromatic heterocycles. The number of benzene rings is 2. The summed E-state index contributed by atoms with van der Waals surface area (Å²) < 4.78 is 10.5. The van der Waals surface area contributed by atoms with Crippen LogP contribution in [0.15, 0.2) is 72.8 Å². The highest BCUT2D eigenvalue weighted by molar-refractivity contribution is 5.88. The van der Waals surface area contributed by atoms with Crippen molar-refractivity contribution in [3.8, 4) is 11.1 Å². The zero-order valence-corrected chi connectivity index (χ0v) is 21.8. The zero-order valence-electron chi connectivity index (χ0n) is 21.8. The van der Waals surface area contributed by atoms with Gasteiger partial charge in [-0.2, -0.15) is 0 Å². The second-order valence-electron chi connectivity index (χ2n) is 9.31. The summed E-state index contributed by atoms with van der Waals surface area (Å²) in [5.74, 6) is -0.850. The lowest BCUT2D eigenvalue weighted by Crippen LogP contribution is -2.16. The van der Waals surface area contributed by atoms with Crippen molar-refractivity contribution in [1.29, 1.82) is 0 Å². The first-order valence-corrected chi connectivity index (χ1v) is 12.8. The number of ether oxygens (including phenoxy) is 2. The molecule has 0 fully saturated rings. The summed E-state index contributed by atoms with van der Waals surface area (Å²) in [6, 6.07) is 17.3. The first-order valence-electron chi connectivity index (χ1n) is 12.8. The van der Waals surface area contributed by atoms with Gasteiger partial charge in [0.15, 0.2) is 0 Å². The van der Waals surface area contributed by atoms with Gasteiger partial charge >= 0.3 is 11.9 Å². The van der Waals surface area contributed by atoms with E-state index in [0.717, 1.165) is 18.4 Å². The summed E-state index contributed by atoms with van der Waals surface area (Å²) in [5.41, 5.74) is 5.31. The van der Waals surface area contributed by atoms with Crippen LogP contribution in [-0.4, -0.2) is 36.9 Å². The highest BCUT2D eigenvalue weighted by Gasteiger charge is 2.15. The number of unbranched alkanes of at least 4 members (excludes halogenated alkanes) is 2. The van der Waals surface area contributed by atoms with Crippen molar-refractivity contribution in [3.63, 3.8) is 0 Å². The van der Waals surface area contributed by atoms with Gasteiger partial charge in [0.25, 0.3) is 0 Å². The van der Waals surface area contributed by atoms with Crippen LogP contribution in [0.2, 0.25) is 0 Å².